The van der Waals surface area contributed by atoms with Crippen molar-refractivity contribution in [1.29, 1.82) is 0 Å². The quantitative estimate of drug-likeness (QED) is 0.527. The minimum atomic E-state index is -0.713. The normalized spacial score (nSPS) is 11.9. The minimum Gasteiger partial charge on any atom is -0.481 e. The van der Waals surface area contributed by atoms with Gasteiger partial charge in [-0.1, -0.05) is 72.1 Å². The topological polar surface area (TPSA) is 63.3 Å². The summed E-state index contributed by atoms with van der Waals surface area (Å²) >= 11 is 0. The van der Waals surface area contributed by atoms with Crippen LogP contribution in [0.4, 0.5) is 0 Å². The zero-order chi connectivity index (χ0) is 15.8. The second-order valence-electron chi connectivity index (χ2n) is 6.23. The maximum atomic E-state index is 9.81. The zero-order valence-electron chi connectivity index (χ0n) is 14.2. The Kier molecular flexibility index (Phi) is 17.9. The Bertz CT molecular complexity index is 203. The van der Waals surface area contributed by atoms with Crippen molar-refractivity contribution in [1.82, 2.24) is 0 Å². The number of rotatable bonds is 11. The average molecular weight is 287 g/mol. The van der Waals surface area contributed by atoms with Gasteiger partial charge in [0, 0.05) is 12.5 Å². The van der Waals surface area contributed by atoms with E-state index in [9.17, 15) is 4.79 Å². The number of aliphatic carboxylic acids is 1. The Labute approximate surface area is 126 Å². The summed E-state index contributed by atoms with van der Waals surface area (Å²) < 4.78 is 0. The molecule has 0 aliphatic carbocycles. The van der Waals surface area contributed by atoms with Crippen molar-refractivity contribution in [3.8, 4) is 0 Å². The van der Waals surface area contributed by atoms with Crippen molar-refractivity contribution >= 4 is 5.97 Å². The van der Waals surface area contributed by atoms with E-state index in [4.69, 9.17) is 10.8 Å². The number of carboxylic acid groups (broad SMARTS) is 1. The van der Waals surface area contributed by atoms with Gasteiger partial charge in [-0.15, -0.1) is 0 Å². The van der Waals surface area contributed by atoms with E-state index >= 15 is 0 Å². The molecule has 0 bridgehead atoms. The van der Waals surface area contributed by atoms with Gasteiger partial charge in [-0.25, -0.2) is 0 Å². The molecule has 0 aliphatic rings. The number of carboxylic acids is 1. The molecule has 0 rings (SSSR count). The predicted molar refractivity (Wildman–Crippen MR) is 88.0 cm³/mol. The van der Waals surface area contributed by atoms with E-state index < -0.39 is 5.97 Å². The lowest BCUT2D eigenvalue weighted by Gasteiger charge is -2.04. The van der Waals surface area contributed by atoms with Crippen LogP contribution in [-0.4, -0.2) is 17.1 Å². The SMILES string of the molecule is CC(C)CC(=O)O.CCCCCCCCCC[C@H](C)N. The summed E-state index contributed by atoms with van der Waals surface area (Å²) in [5.74, 6) is -0.438. The van der Waals surface area contributed by atoms with Crippen LogP contribution in [0.5, 0.6) is 0 Å². The first-order valence-corrected chi connectivity index (χ1v) is 8.37. The van der Waals surface area contributed by atoms with Crippen LogP contribution in [0.15, 0.2) is 0 Å². The molecule has 122 valence electrons. The highest BCUT2D eigenvalue weighted by atomic mass is 16.4. The highest BCUT2D eigenvalue weighted by Gasteiger charge is 1.98. The van der Waals surface area contributed by atoms with Gasteiger partial charge in [-0.2, -0.15) is 0 Å². The standard InChI is InChI=1S/C12H27N.C5H10O2/c1-3-4-5-6-7-8-9-10-11-12(2)13;1-4(2)3-5(6)7/h12H,3-11,13H2,1-2H3;4H,3H2,1-2H3,(H,6,7)/t12-;/m0./s1. The van der Waals surface area contributed by atoms with E-state index in [1.54, 1.807) is 0 Å². The average Bonchev–Trinajstić information content (AvgIpc) is 2.31. The molecule has 1 atom stereocenters. The Morgan fingerprint density at radius 3 is 1.70 bits per heavy atom. The second-order valence-corrected chi connectivity index (χ2v) is 6.23. The molecule has 0 heterocycles. The monoisotopic (exact) mass is 287 g/mol. The number of hydrogen-bond donors (Lipinski definition) is 2. The van der Waals surface area contributed by atoms with E-state index in [1.165, 1.54) is 57.8 Å². The Balaban J connectivity index is 0. The second kappa shape index (κ2) is 16.5. The van der Waals surface area contributed by atoms with E-state index in [0.29, 0.717) is 6.04 Å². The fraction of sp³-hybridized carbons (Fsp3) is 0.941. The van der Waals surface area contributed by atoms with E-state index in [1.807, 2.05) is 13.8 Å². The Morgan fingerprint density at radius 2 is 1.40 bits per heavy atom. The molecule has 0 fully saturated rings. The van der Waals surface area contributed by atoms with Crippen LogP contribution in [-0.2, 0) is 4.79 Å². The molecule has 20 heavy (non-hydrogen) atoms. The van der Waals surface area contributed by atoms with Crippen molar-refractivity contribution in [3.63, 3.8) is 0 Å². The molecule has 0 aliphatic heterocycles. The van der Waals surface area contributed by atoms with Gasteiger partial charge in [0.2, 0.25) is 0 Å². The first kappa shape index (κ1) is 21.7. The van der Waals surface area contributed by atoms with Crippen LogP contribution >= 0.6 is 0 Å². The van der Waals surface area contributed by atoms with Crippen LogP contribution in [0, 0.1) is 5.92 Å². The van der Waals surface area contributed by atoms with Gasteiger partial charge in [-0.3, -0.25) is 4.79 Å². The molecule has 0 saturated carbocycles. The Morgan fingerprint density at radius 1 is 0.950 bits per heavy atom. The van der Waals surface area contributed by atoms with Gasteiger partial charge < -0.3 is 10.8 Å². The van der Waals surface area contributed by atoms with E-state index in [-0.39, 0.29) is 12.3 Å². The van der Waals surface area contributed by atoms with Crippen molar-refractivity contribution in [2.75, 3.05) is 0 Å². The molecule has 3 heteroatoms. The van der Waals surface area contributed by atoms with Crippen LogP contribution in [0.2, 0.25) is 0 Å². The third kappa shape index (κ3) is 26.1. The molecule has 0 unspecified atom stereocenters. The molecule has 3 N–H and O–H groups in total. The minimum absolute atomic E-state index is 0.275. The van der Waals surface area contributed by atoms with Crippen LogP contribution in [0.25, 0.3) is 0 Å². The molecule has 3 nitrogen and oxygen atoms in total. The maximum Gasteiger partial charge on any atom is 0.303 e. The van der Waals surface area contributed by atoms with Gasteiger partial charge in [0.15, 0.2) is 0 Å². The summed E-state index contributed by atoms with van der Waals surface area (Å²) in [5, 5.41) is 8.08. The number of carbonyl (C=O) groups is 1. The van der Waals surface area contributed by atoms with Gasteiger partial charge in [0.1, 0.15) is 0 Å². The summed E-state index contributed by atoms with van der Waals surface area (Å²) in [6.45, 7) is 8.13. The van der Waals surface area contributed by atoms with Crippen LogP contribution in [0.3, 0.4) is 0 Å². The molecule has 0 aromatic heterocycles. The summed E-state index contributed by atoms with van der Waals surface area (Å²) in [4.78, 5) is 9.81. The largest absolute Gasteiger partial charge is 0.481 e. The highest BCUT2D eigenvalue weighted by molar-refractivity contribution is 5.66. The smallest absolute Gasteiger partial charge is 0.303 e. The predicted octanol–water partition coefficient (Wildman–Crippen LogP) is 4.98. The van der Waals surface area contributed by atoms with Gasteiger partial charge >= 0.3 is 5.97 Å². The van der Waals surface area contributed by atoms with E-state index in [2.05, 4.69) is 13.8 Å². The van der Waals surface area contributed by atoms with Crippen molar-refractivity contribution < 1.29 is 9.90 Å². The number of unbranched alkanes of at least 4 members (excludes halogenated alkanes) is 7. The molecule has 0 spiro atoms. The third-order valence-corrected chi connectivity index (χ3v) is 3.10. The molecule has 0 aromatic rings. The van der Waals surface area contributed by atoms with Crippen LogP contribution < -0.4 is 5.73 Å². The van der Waals surface area contributed by atoms with Gasteiger partial charge in [0.05, 0.1) is 0 Å². The summed E-state index contributed by atoms with van der Waals surface area (Å²) in [6, 6.07) is 0.403. The van der Waals surface area contributed by atoms with Gasteiger partial charge in [-0.05, 0) is 19.3 Å². The summed E-state index contributed by atoms with van der Waals surface area (Å²) in [6.07, 6.45) is 12.7. The fourth-order valence-electron chi connectivity index (χ4n) is 1.95. The molecule has 0 radical (unpaired) electrons. The molecule has 0 aromatic carbocycles. The first-order valence-electron chi connectivity index (χ1n) is 8.37. The van der Waals surface area contributed by atoms with Gasteiger partial charge in [0.25, 0.3) is 0 Å². The first-order chi connectivity index (χ1) is 9.40. The third-order valence-electron chi connectivity index (χ3n) is 3.10. The molecular formula is C17H37NO2. The Hall–Kier alpha value is -0.570. The molecule has 0 saturated heterocycles. The molecule has 0 amide bonds. The summed E-state index contributed by atoms with van der Waals surface area (Å²) in [5.41, 5.74) is 5.67. The van der Waals surface area contributed by atoms with Crippen molar-refractivity contribution in [2.45, 2.75) is 97.9 Å². The van der Waals surface area contributed by atoms with E-state index in [0.717, 1.165) is 0 Å². The summed E-state index contributed by atoms with van der Waals surface area (Å²) in [7, 11) is 0. The number of hydrogen-bond acceptors (Lipinski definition) is 2. The van der Waals surface area contributed by atoms with Crippen LogP contribution in [0.1, 0.15) is 91.9 Å². The lowest BCUT2D eigenvalue weighted by Crippen LogP contribution is -2.13. The lowest BCUT2D eigenvalue weighted by atomic mass is 10.1. The van der Waals surface area contributed by atoms with Crippen molar-refractivity contribution in [2.24, 2.45) is 11.7 Å². The van der Waals surface area contributed by atoms with Crippen molar-refractivity contribution in [3.05, 3.63) is 0 Å². The lowest BCUT2D eigenvalue weighted by molar-refractivity contribution is -0.137. The fourth-order valence-corrected chi connectivity index (χ4v) is 1.95. The molecular weight excluding hydrogens is 250 g/mol. The number of nitrogens with two attached hydrogens (primary N) is 1. The zero-order valence-corrected chi connectivity index (χ0v) is 14.2. The highest BCUT2D eigenvalue weighted by Crippen LogP contribution is 2.09. The maximum absolute atomic E-state index is 9.81.